The van der Waals surface area contributed by atoms with Crippen LogP contribution in [0, 0.1) is 6.92 Å². The summed E-state index contributed by atoms with van der Waals surface area (Å²) in [5.41, 5.74) is 8.37. The lowest BCUT2D eigenvalue weighted by Gasteiger charge is -2.28. The van der Waals surface area contributed by atoms with E-state index in [-0.39, 0.29) is 29.9 Å². The second kappa shape index (κ2) is 8.00. The van der Waals surface area contributed by atoms with Gasteiger partial charge < -0.3 is 10.8 Å². The van der Waals surface area contributed by atoms with Crippen molar-refractivity contribution >= 4 is 23.3 Å². The summed E-state index contributed by atoms with van der Waals surface area (Å²) in [5, 5.41) is 16.6. The standard InChI is InChI=1S/C25H27N5O2/c1-16-14-20-24(32)29(15-17-10-6-5-7-11-17)21(22(26)27-25(2,3)4)18-12-8-9-13-19(18)23(31)30(20)28-16/h5-14,31H,15H2,1-4H3,(H2,26,27). The quantitative estimate of drug-likeness (QED) is 0.493. The predicted octanol–water partition coefficient (Wildman–Crippen LogP) is 2.28. The zero-order chi connectivity index (χ0) is 23.0. The molecule has 164 valence electrons. The number of nitrogens with zero attached hydrogens (tertiary/aromatic N) is 4. The first-order valence-corrected chi connectivity index (χ1v) is 10.5. The summed E-state index contributed by atoms with van der Waals surface area (Å²) in [5.74, 6) is -0.221. The van der Waals surface area contributed by atoms with Crippen molar-refractivity contribution in [2.24, 2.45) is 10.7 Å². The Morgan fingerprint density at radius 2 is 1.69 bits per heavy atom. The Labute approximate surface area is 186 Å². The maximum absolute atomic E-state index is 13.9. The van der Waals surface area contributed by atoms with Crippen molar-refractivity contribution in [2.75, 3.05) is 0 Å². The molecule has 4 rings (SSSR count). The second-order valence-corrected chi connectivity index (χ2v) is 8.85. The van der Waals surface area contributed by atoms with Crippen molar-refractivity contribution in [3.05, 3.63) is 88.1 Å². The van der Waals surface area contributed by atoms with Gasteiger partial charge in [0.15, 0.2) is 0 Å². The van der Waals surface area contributed by atoms with Crippen LogP contribution in [0.3, 0.4) is 0 Å². The van der Waals surface area contributed by atoms with E-state index >= 15 is 0 Å². The van der Waals surface area contributed by atoms with Gasteiger partial charge in [-0.15, -0.1) is 0 Å². The molecule has 7 heteroatoms. The summed E-state index contributed by atoms with van der Waals surface area (Å²) < 4.78 is 1.29. The second-order valence-electron chi connectivity index (χ2n) is 8.85. The lowest BCUT2D eigenvalue weighted by molar-refractivity contribution is 0.0818. The van der Waals surface area contributed by atoms with Gasteiger partial charge in [-0.3, -0.25) is 14.7 Å². The van der Waals surface area contributed by atoms with Gasteiger partial charge in [0.2, 0.25) is 5.88 Å². The number of nitrogens with two attached hydrogens (primary N) is 1. The van der Waals surface area contributed by atoms with E-state index in [1.54, 1.807) is 24.0 Å². The minimum absolute atomic E-state index is 0.127. The number of benzene rings is 2. The molecule has 3 N–H and O–H groups in total. The van der Waals surface area contributed by atoms with Crippen molar-refractivity contribution in [3.63, 3.8) is 0 Å². The maximum Gasteiger partial charge on any atom is 0.277 e. The van der Waals surface area contributed by atoms with E-state index in [0.29, 0.717) is 21.8 Å². The van der Waals surface area contributed by atoms with Gasteiger partial charge in [0.1, 0.15) is 11.5 Å². The number of rotatable bonds is 3. The molecule has 32 heavy (non-hydrogen) atoms. The molecule has 0 aliphatic carbocycles. The number of aliphatic hydroxyl groups is 1. The van der Waals surface area contributed by atoms with Gasteiger partial charge in [-0.2, -0.15) is 9.78 Å². The molecule has 0 spiro atoms. The number of hydrogen-bond acceptors (Lipinski definition) is 4. The van der Waals surface area contributed by atoms with Crippen molar-refractivity contribution < 1.29 is 9.90 Å². The lowest BCUT2D eigenvalue weighted by atomic mass is 10.1. The van der Waals surface area contributed by atoms with Crippen LogP contribution in [-0.2, 0) is 6.54 Å². The normalized spacial score (nSPS) is 14.7. The lowest BCUT2D eigenvalue weighted by Crippen LogP contribution is -2.46. The monoisotopic (exact) mass is 429 g/mol. The zero-order valence-corrected chi connectivity index (χ0v) is 18.7. The molecule has 2 heterocycles. The number of amidine groups is 1. The summed E-state index contributed by atoms with van der Waals surface area (Å²) in [4.78, 5) is 20.1. The molecule has 0 fully saturated rings. The Hall–Kier alpha value is -3.87. The molecule has 1 aliphatic rings. The van der Waals surface area contributed by atoms with Crippen molar-refractivity contribution in [2.45, 2.75) is 39.8 Å². The van der Waals surface area contributed by atoms with Gasteiger partial charge in [0, 0.05) is 10.4 Å². The number of hydrogen-bond donors (Lipinski definition) is 2. The average Bonchev–Trinajstić information content (AvgIpc) is 3.13. The molecule has 0 radical (unpaired) electrons. The summed E-state index contributed by atoms with van der Waals surface area (Å²) in [6.07, 6.45) is 0. The van der Waals surface area contributed by atoms with Crippen LogP contribution >= 0.6 is 0 Å². The molecule has 0 saturated carbocycles. The topological polar surface area (TPSA) is 96.7 Å². The molecular formula is C25H27N5O2. The number of aliphatic imine (C=N–C) groups is 1. The Balaban J connectivity index is 2.12. The Kier molecular flexibility index (Phi) is 5.34. The first kappa shape index (κ1) is 21.4. The third-order valence-corrected chi connectivity index (χ3v) is 5.07. The van der Waals surface area contributed by atoms with Gasteiger partial charge in [-0.1, -0.05) is 48.5 Å². The van der Waals surface area contributed by atoms with Gasteiger partial charge >= 0.3 is 0 Å². The van der Waals surface area contributed by atoms with Gasteiger partial charge in [0.25, 0.3) is 5.91 Å². The highest BCUT2D eigenvalue weighted by molar-refractivity contribution is 6.20. The Bertz CT molecular complexity index is 1330. The zero-order valence-electron chi connectivity index (χ0n) is 18.7. The Morgan fingerprint density at radius 3 is 2.34 bits per heavy atom. The smallest absolute Gasteiger partial charge is 0.277 e. The first-order chi connectivity index (χ1) is 15.2. The molecule has 1 amide bonds. The van der Waals surface area contributed by atoms with Crippen LogP contribution in [0.4, 0.5) is 0 Å². The summed E-state index contributed by atoms with van der Waals surface area (Å²) in [6, 6.07) is 18.7. The van der Waals surface area contributed by atoms with Crippen molar-refractivity contribution in [1.29, 1.82) is 0 Å². The van der Waals surface area contributed by atoms with Crippen molar-refractivity contribution in [1.82, 2.24) is 14.7 Å². The molecular weight excluding hydrogens is 402 g/mol. The number of aromatic nitrogens is 2. The molecule has 3 aromatic rings. The minimum Gasteiger partial charge on any atom is -0.493 e. The molecule has 7 nitrogen and oxygen atoms in total. The SMILES string of the molecule is Cc1cc2n(n1)C(O)=c1ccccc1=C(C(N)=NC(C)(C)C)N(Cc1ccccc1)C2=O. The first-order valence-electron chi connectivity index (χ1n) is 10.5. The molecule has 1 aromatic heterocycles. The highest BCUT2D eigenvalue weighted by atomic mass is 16.3. The number of aryl methyl sites for hydroxylation is 1. The van der Waals surface area contributed by atoms with Crippen LogP contribution < -0.4 is 16.2 Å². The van der Waals surface area contributed by atoms with Gasteiger partial charge in [-0.25, -0.2) is 0 Å². The molecule has 2 aromatic carbocycles. The largest absolute Gasteiger partial charge is 0.493 e. The van der Waals surface area contributed by atoms with E-state index in [9.17, 15) is 9.90 Å². The van der Waals surface area contributed by atoms with E-state index in [4.69, 9.17) is 5.73 Å². The van der Waals surface area contributed by atoms with Crippen LogP contribution in [0.25, 0.3) is 11.6 Å². The van der Waals surface area contributed by atoms with Crippen LogP contribution in [0.1, 0.15) is 42.5 Å². The number of fused-ring (bicyclic) bond motifs is 2. The molecule has 0 saturated heterocycles. The summed E-state index contributed by atoms with van der Waals surface area (Å²) in [6.45, 7) is 7.91. The van der Waals surface area contributed by atoms with Crippen LogP contribution in [0.2, 0.25) is 0 Å². The summed E-state index contributed by atoms with van der Waals surface area (Å²) in [7, 11) is 0. The van der Waals surface area contributed by atoms with Gasteiger partial charge in [-0.05, 0) is 45.4 Å². The van der Waals surface area contributed by atoms with Gasteiger partial charge in [0.05, 0.1) is 23.5 Å². The summed E-state index contributed by atoms with van der Waals surface area (Å²) >= 11 is 0. The minimum atomic E-state index is -0.458. The van der Waals surface area contributed by atoms with Crippen molar-refractivity contribution in [3.8, 4) is 0 Å². The number of carbonyl (C=O) groups is 1. The third kappa shape index (κ3) is 4.01. The number of carbonyl (C=O) groups excluding carboxylic acids is 1. The highest BCUT2D eigenvalue weighted by Crippen LogP contribution is 2.21. The average molecular weight is 430 g/mol. The number of aliphatic hydroxyl groups excluding tert-OH is 1. The van der Waals surface area contributed by atoms with E-state index in [2.05, 4.69) is 10.1 Å². The number of amides is 1. The van der Waals surface area contributed by atoms with Crippen LogP contribution in [0.5, 0.6) is 0 Å². The highest BCUT2D eigenvalue weighted by Gasteiger charge is 2.30. The van der Waals surface area contributed by atoms with E-state index < -0.39 is 5.54 Å². The molecule has 1 aliphatic heterocycles. The predicted molar refractivity (Wildman–Crippen MR) is 125 cm³/mol. The fourth-order valence-electron chi connectivity index (χ4n) is 3.80. The Morgan fingerprint density at radius 1 is 1.06 bits per heavy atom. The molecule has 0 bridgehead atoms. The maximum atomic E-state index is 13.9. The van der Waals surface area contributed by atoms with Crippen LogP contribution in [0.15, 0.2) is 65.7 Å². The molecule has 0 unspecified atom stereocenters. The van der Waals surface area contributed by atoms with E-state index in [1.165, 1.54) is 4.68 Å². The fourth-order valence-corrected chi connectivity index (χ4v) is 3.80. The van der Waals surface area contributed by atoms with Crippen LogP contribution in [-0.4, -0.2) is 37.1 Å². The van der Waals surface area contributed by atoms with E-state index in [1.807, 2.05) is 69.3 Å². The fraction of sp³-hybridized carbons (Fsp3) is 0.240. The van der Waals surface area contributed by atoms with E-state index in [0.717, 1.165) is 5.56 Å². The third-order valence-electron chi connectivity index (χ3n) is 5.07. The molecule has 0 atom stereocenters.